The van der Waals surface area contributed by atoms with Crippen LogP contribution in [-0.2, 0) is 10.4 Å². The van der Waals surface area contributed by atoms with Crippen molar-refractivity contribution in [3.63, 3.8) is 0 Å². The SMILES string of the molecule is COc1ccccc1C(C)(O)C(C)C(=O)O. The Morgan fingerprint density at radius 3 is 2.50 bits per heavy atom. The van der Waals surface area contributed by atoms with Gasteiger partial charge in [-0.15, -0.1) is 0 Å². The first-order valence-electron chi connectivity index (χ1n) is 5.00. The Morgan fingerprint density at radius 2 is 2.00 bits per heavy atom. The van der Waals surface area contributed by atoms with Crippen LogP contribution in [0.5, 0.6) is 5.75 Å². The monoisotopic (exact) mass is 224 g/mol. The summed E-state index contributed by atoms with van der Waals surface area (Å²) < 4.78 is 5.11. The number of para-hydroxylation sites is 1. The summed E-state index contributed by atoms with van der Waals surface area (Å²) in [6.45, 7) is 2.94. The molecule has 1 rings (SSSR count). The van der Waals surface area contributed by atoms with E-state index in [-0.39, 0.29) is 0 Å². The van der Waals surface area contributed by atoms with Gasteiger partial charge in [0.15, 0.2) is 0 Å². The molecule has 2 atom stereocenters. The topological polar surface area (TPSA) is 66.8 Å². The van der Waals surface area contributed by atoms with Crippen molar-refractivity contribution < 1.29 is 19.7 Å². The van der Waals surface area contributed by atoms with Crippen molar-refractivity contribution in [3.8, 4) is 5.75 Å². The van der Waals surface area contributed by atoms with Gasteiger partial charge in [-0.1, -0.05) is 18.2 Å². The third kappa shape index (κ3) is 2.17. The molecule has 0 fully saturated rings. The van der Waals surface area contributed by atoms with Gasteiger partial charge in [-0.25, -0.2) is 0 Å². The highest BCUT2D eigenvalue weighted by Crippen LogP contribution is 2.35. The van der Waals surface area contributed by atoms with Crippen LogP contribution in [0.3, 0.4) is 0 Å². The normalized spacial score (nSPS) is 16.2. The van der Waals surface area contributed by atoms with Gasteiger partial charge in [0.05, 0.1) is 13.0 Å². The van der Waals surface area contributed by atoms with E-state index in [0.717, 1.165) is 0 Å². The van der Waals surface area contributed by atoms with Crippen molar-refractivity contribution in [3.05, 3.63) is 29.8 Å². The third-order valence-corrected chi connectivity index (χ3v) is 2.87. The van der Waals surface area contributed by atoms with Crippen LogP contribution in [0.1, 0.15) is 19.4 Å². The van der Waals surface area contributed by atoms with Crippen molar-refractivity contribution in [2.75, 3.05) is 7.11 Å². The van der Waals surface area contributed by atoms with Gasteiger partial charge >= 0.3 is 5.97 Å². The molecule has 0 bridgehead atoms. The van der Waals surface area contributed by atoms with Gasteiger partial charge in [0, 0.05) is 5.56 Å². The van der Waals surface area contributed by atoms with Crippen LogP contribution in [0.25, 0.3) is 0 Å². The van der Waals surface area contributed by atoms with E-state index in [1.165, 1.54) is 21.0 Å². The quantitative estimate of drug-likeness (QED) is 0.815. The van der Waals surface area contributed by atoms with Crippen LogP contribution in [0.2, 0.25) is 0 Å². The molecule has 0 spiro atoms. The molecule has 0 aliphatic carbocycles. The molecule has 0 heterocycles. The number of carboxylic acid groups (broad SMARTS) is 1. The highest BCUT2D eigenvalue weighted by atomic mass is 16.5. The fourth-order valence-electron chi connectivity index (χ4n) is 1.54. The Bertz CT molecular complexity index is 384. The Labute approximate surface area is 94.5 Å². The molecule has 0 saturated carbocycles. The minimum Gasteiger partial charge on any atom is -0.496 e. The van der Waals surface area contributed by atoms with E-state index in [2.05, 4.69) is 0 Å². The highest BCUT2D eigenvalue weighted by Gasteiger charge is 2.37. The number of methoxy groups -OCH3 is 1. The van der Waals surface area contributed by atoms with Crippen molar-refractivity contribution in [1.29, 1.82) is 0 Å². The molecule has 4 nitrogen and oxygen atoms in total. The van der Waals surface area contributed by atoms with Crippen molar-refractivity contribution in [1.82, 2.24) is 0 Å². The van der Waals surface area contributed by atoms with Gasteiger partial charge in [-0.3, -0.25) is 4.79 Å². The highest BCUT2D eigenvalue weighted by molar-refractivity contribution is 5.71. The maximum atomic E-state index is 10.9. The lowest BCUT2D eigenvalue weighted by Gasteiger charge is -2.29. The molecule has 88 valence electrons. The summed E-state index contributed by atoms with van der Waals surface area (Å²) in [4.78, 5) is 10.9. The molecule has 2 unspecified atom stereocenters. The van der Waals surface area contributed by atoms with Crippen molar-refractivity contribution in [2.45, 2.75) is 19.4 Å². The molecule has 16 heavy (non-hydrogen) atoms. The summed E-state index contributed by atoms with van der Waals surface area (Å²) in [5.74, 6) is -1.47. The van der Waals surface area contributed by atoms with E-state index in [9.17, 15) is 9.90 Å². The smallest absolute Gasteiger partial charge is 0.309 e. The summed E-state index contributed by atoms with van der Waals surface area (Å²) in [6, 6.07) is 6.86. The van der Waals surface area contributed by atoms with Crippen LogP contribution in [0, 0.1) is 5.92 Å². The molecule has 0 aromatic heterocycles. The standard InChI is InChI=1S/C12H16O4/c1-8(11(13)14)12(2,15)9-6-4-5-7-10(9)16-3/h4-8,15H,1-3H3,(H,13,14). The first-order chi connectivity index (χ1) is 7.41. The molecule has 0 aliphatic heterocycles. The Kier molecular flexibility index (Phi) is 3.55. The molecular weight excluding hydrogens is 208 g/mol. The van der Waals surface area contributed by atoms with E-state index in [1.807, 2.05) is 0 Å². The number of ether oxygens (including phenoxy) is 1. The molecule has 0 saturated heterocycles. The largest absolute Gasteiger partial charge is 0.496 e. The number of hydrogen-bond donors (Lipinski definition) is 2. The second-order valence-electron chi connectivity index (χ2n) is 3.91. The van der Waals surface area contributed by atoms with Gasteiger partial charge in [-0.2, -0.15) is 0 Å². The first kappa shape index (κ1) is 12.5. The summed E-state index contributed by atoms with van der Waals surface area (Å²) in [5, 5.41) is 19.2. The molecule has 1 aromatic rings. The average molecular weight is 224 g/mol. The zero-order valence-electron chi connectivity index (χ0n) is 9.60. The van der Waals surface area contributed by atoms with E-state index in [0.29, 0.717) is 11.3 Å². The van der Waals surface area contributed by atoms with E-state index in [1.54, 1.807) is 24.3 Å². The number of carbonyl (C=O) groups is 1. The predicted molar refractivity (Wildman–Crippen MR) is 59.4 cm³/mol. The van der Waals surface area contributed by atoms with Gasteiger partial charge in [0.2, 0.25) is 0 Å². The lowest BCUT2D eigenvalue weighted by molar-refractivity contribution is -0.150. The summed E-state index contributed by atoms with van der Waals surface area (Å²) >= 11 is 0. The van der Waals surface area contributed by atoms with E-state index < -0.39 is 17.5 Å². The molecule has 4 heteroatoms. The molecule has 0 radical (unpaired) electrons. The number of benzene rings is 1. The second-order valence-corrected chi connectivity index (χ2v) is 3.91. The second kappa shape index (κ2) is 4.53. The molecule has 0 amide bonds. The van der Waals surface area contributed by atoms with Gasteiger partial charge in [0.25, 0.3) is 0 Å². The van der Waals surface area contributed by atoms with Crippen LogP contribution in [0.4, 0.5) is 0 Å². The Balaban J connectivity index is 3.20. The predicted octanol–water partition coefficient (Wildman–Crippen LogP) is 1.62. The maximum absolute atomic E-state index is 10.9. The van der Waals surface area contributed by atoms with E-state index >= 15 is 0 Å². The maximum Gasteiger partial charge on any atom is 0.309 e. The minimum absolute atomic E-state index is 0.479. The van der Waals surface area contributed by atoms with Crippen molar-refractivity contribution in [2.24, 2.45) is 5.92 Å². The zero-order chi connectivity index (χ0) is 12.3. The van der Waals surface area contributed by atoms with Gasteiger partial charge in [0.1, 0.15) is 11.4 Å². The average Bonchev–Trinajstić information content (AvgIpc) is 2.27. The Hall–Kier alpha value is -1.55. The van der Waals surface area contributed by atoms with Gasteiger partial charge in [-0.05, 0) is 19.9 Å². The van der Waals surface area contributed by atoms with Crippen LogP contribution >= 0.6 is 0 Å². The lowest BCUT2D eigenvalue weighted by Crippen LogP contribution is -2.35. The van der Waals surface area contributed by atoms with Crippen molar-refractivity contribution >= 4 is 5.97 Å². The summed E-state index contributed by atoms with van der Waals surface area (Å²) in [5.41, 5.74) is -0.981. The fraction of sp³-hybridized carbons (Fsp3) is 0.417. The number of carboxylic acids is 1. The fourth-order valence-corrected chi connectivity index (χ4v) is 1.54. The number of aliphatic carboxylic acids is 1. The summed E-state index contributed by atoms with van der Waals surface area (Å²) in [6.07, 6.45) is 0. The Morgan fingerprint density at radius 1 is 1.44 bits per heavy atom. The molecular formula is C12H16O4. The molecule has 1 aromatic carbocycles. The third-order valence-electron chi connectivity index (χ3n) is 2.87. The number of hydrogen-bond acceptors (Lipinski definition) is 3. The molecule has 2 N–H and O–H groups in total. The van der Waals surface area contributed by atoms with Crippen LogP contribution in [-0.4, -0.2) is 23.3 Å². The van der Waals surface area contributed by atoms with Crippen LogP contribution < -0.4 is 4.74 Å². The lowest BCUT2D eigenvalue weighted by atomic mass is 9.83. The zero-order valence-corrected chi connectivity index (χ0v) is 9.60. The summed E-state index contributed by atoms with van der Waals surface area (Å²) in [7, 11) is 1.49. The first-order valence-corrected chi connectivity index (χ1v) is 5.00. The molecule has 0 aliphatic rings. The van der Waals surface area contributed by atoms with Crippen LogP contribution in [0.15, 0.2) is 24.3 Å². The number of aliphatic hydroxyl groups is 1. The minimum atomic E-state index is -1.46. The van der Waals surface area contributed by atoms with Gasteiger partial charge < -0.3 is 14.9 Å². The number of rotatable bonds is 4. The van der Waals surface area contributed by atoms with E-state index in [4.69, 9.17) is 9.84 Å².